The van der Waals surface area contributed by atoms with E-state index in [4.69, 9.17) is 4.74 Å². The van der Waals surface area contributed by atoms with Gasteiger partial charge in [0.05, 0.1) is 0 Å². The summed E-state index contributed by atoms with van der Waals surface area (Å²) in [7, 11) is 0. The van der Waals surface area contributed by atoms with Gasteiger partial charge in [0, 0.05) is 18.1 Å². The van der Waals surface area contributed by atoms with Crippen LogP contribution in [0.25, 0.3) is 5.57 Å². The van der Waals surface area contributed by atoms with Gasteiger partial charge in [-0.15, -0.1) is 0 Å². The van der Waals surface area contributed by atoms with E-state index in [1.54, 1.807) is 18.2 Å². The van der Waals surface area contributed by atoms with Gasteiger partial charge in [-0.2, -0.15) is 0 Å². The van der Waals surface area contributed by atoms with Gasteiger partial charge in [-0.25, -0.2) is 0 Å². The molecule has 0 saturated heterocycles. The van der Waals surface area contributed by atoms with Crippen molar-refractivity contribution in [3.63, 3.8) is 0 Å². The van der Waals surface area contributed by atoms with E-state index in [9.17, 15) is 9.59 Å². The second-order valence-corrected chi connectivity index (χ2v) is 3.24. The number of aldehydes is 1. The van der Waals surface area contributed by atoms with Crippen LogP contribution in [0.1, 0.15) is 18.1 Å². The largest absolute Gasteiger partial charge is 0.426 e. The standard InChI is InChI=1S/C12H12O3/c1-8-4-5-12(15-10(3)14)11(6-8)9(2)7-13/h4-7H,2H2,1,3H3. The number of hydrogen-bond donors (Lipinski definition) is 0. The monoisotopic (exact) mass is 204 g/mol. The number of aryl methyl sites for hydroxylation is 1. The molecule has 3 nitrogen and oxygen atoms in total. The number of carbonyl (C=O) groups is 2. The number of allylic oxidation sites excluding steroid dienone is 1. The highest BCUT2D eigenvalue weighted by molar-refractivity contribution is 6.07. The minimum Gasteiger partial charge on any atom is -0.426 e. The summed E-state index contributed by atoms with van der Waals surface area (Å²) in [6, 6.07) is 5.22. The molecule has 0 spiro atoms. The van der Waals surface area contributed by atoms with E-state index >= 15 is 0 Å². The maximum atomic E-state index is 10.8. The van der Waals surface area contributed by atoms with Crippen LogP contribution in [0.4, 0.5) is 0 Å². The van der Waals surface area contributed by atoms with Gasteiger partial charge in [-0.1, -0.05) is 18.2 Å². The Balaban J connectivity index is 3.19. The summed E-state index contributed by atoms with van der Waals surface area (Å²) in [5.74, 6) is -0.0518. The lowest BCUT2D eigenvalue weighted by atomic mass is 10.0. The van der Waals surface area contributed by atoms with E-state index in [-0.39, 0.29) is 0 Å². The van der Waals surface area contributed by atoms with Crippen LogP contribution in [0.15, 0.2) is 24.8 Å². The highest BCUT2D eigenvalue weighted by atomic mass is 16.5. The first-order valence-corrected chi connectivity index (χ1v) is 4.48. The van der Waals surface area contributed by atoms with Crippen molar-refractivity contribution in [2.75, 3.05) is 0 Å². The minimum absolute atomic E-state index is 0.301. The molecule has 1 rings (SSSR count). The number of esters is 1. The van der Waals surface area contributed by atoms with Crippen molar-refractivity contribution in [3.05, 3.63) is 35.9 Å². The van der Waals surface area contributed by atoms with Gasteiger partial charge in [-0.3, -0.25) is 9.59 Å². The molecule has 0 bridgehead atoms. The van der Waals surface area contributed by atoms with Crippen LogP contribution in [-0.2, 0) is 9.59 Å². The molecule has 0 radical (unpaired) electrons. The highest BCUT2D eigenvalue weighted by Gasteiger charge is 2.08. The van der Waals surface area contributed by atoms with Crippen LogP contribution in [0.2, 0.25) is 0 Å². The van der Waals surface area contributed by atoms with Gasteiger partial charge in [-0.05, 0) is 19.1 Å². The van der Waals surface area contributed by atoms with Gasteiger partial charge in [0.15, 0.2) is 0 Å². The minimum atomic E-state index is -0.418. The number of benzene rings is 1. The van der Waals surface area contributed by atoms with Crippen LogP contribution in [0, 0.1) is 6.92 Å². The Morgan fingerprint density at radius 1 is 1.47 bits per heavy atom. The molecule has 3 heteroatoms. The van der Waals surface area contributed by atoms with Gasteiger partial charge < -0.3 is 4.74 Å². The summed E-state index contributed by atoms with van der Waals surface area (Å²) < 4.78 is 4.96. The van der Waals surface area contributed by atoms with Gasteiger partial charge in [0.1, 0.15) is 12.0 Å². The number of rotatable bonds is 3. The average Bonchev–Trinajstić information content (AvgIpc) is 2.19. The van der Waals surface area contributed by atoms with Gasteiger partial charge >= 0.3 is 5.97 Å². The second kappa shape index (κ2) is 4.55. The zero-order chi connectivity index (χ0) is 11.4. The molecule has 0 fully saturated rings. The molecule has 15 heavy (non-hydrogen) atoms. The average molecular weight is 204 g/mol. The molecule has 1 aromatic rings. The van der Waals surface area contributed by atoms with Crippen LogP contribution in [0.5, 0.6) is 5.75 Å². The van der Waals surface area contributed by atoms with Crippen LogP contribution < -0.4 is 4.74 Å². The summed E-state index contributed by atoms with van der Waals surface area (Å²) in [4.78, 5) is 21.4. The normalized spacial score (nSPS) is 9.47. The second-order valence-electron chi connectivity index (χ2n) is 3.24. The van der Waals surface area contributed by atoms with Crippen molar-refractivity contribution in [2.24, 2.45) is 0 Å². The fraction of sp³-hybridized carbons (Fsp3) is 0.167. The van der Waals surface area contributed by atoms with E-state index < -0.39 is 5.97 Å². The molecule has 0 aromatic heterocycles. The molecular formula is C12H12O3. The predicted octanol–water partition coefficient (Wildman–Crippen LogP) is 2.13. The van der Waals surface area contributed by atoms with Crippen molar-refractivity contribution in [1.82, 2.24) is 0 Å². The first-order chi connectivity index (χ1) is 7.04. The Kier molecular flexibility index (Phi) is 3.39. The van der Waals surface area contributed by atoms with Crippen molar-refractivity contribution >= 4 is 17.8 Å². The van der Waals surface area contributed by atoms with E-state index in [2.05, 4.69) is 6.58 Å². The van der Waals surface area contributed by atoms with Crippen LogP contribution >= 0.6 is 0 Å². The molecule has 0 saturated carbocycles. The molecule has 0 aliphatic carbocycles. The lowest BCUT2D eigenvalue weighted by molar-refractivity contribution is -0.131. The van der Waals surface area contributed by atoms with Crippen LogP contribution in [-0.4, -0.2) is 12.3 Å². The fourth-order valence-electron chi connectivity index (χ4n) is 1.20. The SMILES string of the molecule is C=C(C=O)c1cc(C)ccc1OC(C)=O. The summed E-state index contributed by atoms with van der Waals surface area (Å²) in [5.41, 5.74) is 1.83. The molecule has 0 atom stereocenters. The number of hydrogen-bond acceptors (Lipinski definition) is 3. The van der Waals surface area contributed by atoms with Crippen molar-refractivity contribution in [1.29, 1.82) is 0 Å². The maximum Gasteiger partial charge on any atom is 0.308 e. The quantitative estimate of drug-likeness (QED) is 0.328. The lowest BCUT2D eigenvalue weighted by Crippen LogP contribution is -2.04. The molecular weight excluding hydrogens is 192 g/mol. The Morgan fingerprint density at radius 3 is 2.67 bits per heavy atom. The summed E-state index contributed by atoms with van der Waals surface area (Å²) in [6.45, 7) is 6.79. The molecule has 0 aliphatic rings. The topological polar surface area (TPSA) is 43.4 Å². The third-order valence-electron chi connectivity index (χ3n) is 1.88. The maximum absolute atomic E-state index is 10.8. The number of carbonyl (C=O) groups excluding carboxylic acids is 2. The molecule has 0 heterocycles. The summed E-state index contributed by atoms with van der Waals surface area (Å²) in [6.07, 6.45) is 0.641. The predicted molar refractivity (Wildman–Crippen MR) is 57.6 cm³/mol. The van der Waals surface area contributed by atoms with Crippen molar-refractivity contribution in [2.45, 2.75) is 13.8 Å². The Bertz CT molecular complexity index is 419. The Morgan fingerprint density at radius 2 is 2.13 bits per heavy atom. The fourth-order valence-corrected chi connectivity index (χ4v) is 1.20. The van der Waals surface area contributed by atoms with Gasteiger partial charge in [0.25, 0.3) is 0 Å². The molecule has 0 N–H and O–H groups in total. The van der Waals surface area contributed by atoms with Crippen molar-refractivity contribution < 1.29 is 14.3 Å². The summed E-state index contributed by atoms with van der Waals surface area (Å²) >= 11 is 0. The smallest absolute Gasteiger partial charge is 0.308 e. The molecule has 0 unspecified atom stereocenters. The molecule has 1 aromatic carbocycles. The van der Waals surface area contributed by atoms with E-state index in [1.807, 2.05) is 6.92 Å². The zero-order valence-electron chi connectivity index (χ0n) is 8.74. The highest BCUT2D eigenvalue weighted by Crippen LogP contribution is 2.25. The molecule has 78 valence electrons. The first kappa shape index (κ1) is 11.2. The Hall–Kier alpha value is -1.90. The van der Waals surface area contributed by atoms with E-state index in [0.717, 1.165) is 5.56 Å². The zero-order valence-corrected chi connectivity index (χ0v) is 8.74. The molecule has 0 aliphatic heterocycles. The third-order valence-corrected chi connectivity index (χ3v) is 1.88. The first-order valence-electron chi connectivity index (χ1n) is 4.48. The third kappa shape index (κ3) is 2.77. The van der Waals surface area contributed by atoms with Crippen LogP contribution in [0.3, 0.4) is 0 Å². The van der Waals surface area contributed by atoms with Gasteiger partial charge in [0.2, 0.25) is 0 Å². The summed E-state index contributed by atoms with van der Waals surface area (Å²) in [5, 5.41) is 0. The molecule has 0 amide bonds. The van der Waals surface area contributed by atoms with E-state index in [1.165, 1.54) is 6.92 Å². The van der Waals surface area contributed by atoms with E-state index in [0.29, 0.717) is 23.2 Å². The Labute approximate surface area is 88.4 Å². The lowest BCUT2D eigenvalue weighted by Gasteiger charge is -2.08. The number of ether oxygens (including phenoxy) is 1. The van der Waals surface area contributed by atoms with Crippen molar-refractivity contribution in [3.8, 4) is 5.75 Å².